The molecule has 0 radical (unpaired) electrons. The highest BCUT2D eigenvalue weighted by Crippen LogP contribution is 2.28. The third kappa shape index (κ3) is 3.16. The van der Waals surface area contributed by atoms with Crippen LogP contribution >= 0.6 is 0 Å². The number of nitrogens with one attached hydrogen (secondary N) is 1. The van der Waals surface area contributed by atoms with E-state index in [1.165, 1.54) is 12.1 Å². The van der Waals surface area contributed by atoms with Crippen LogP contribution in [0.2, 0.25) is 0 Å². The third-order valence-corrected chi connectivity index (χ3v) is 4.38. The van der Waals surface area contributed by atoms with Gasteiger partial charge in [0.15, 0.2) is 11.6 Å². The molecule has 0 aliphatic heterocycles. The monoisotopic (exact) mass is 376 g/mol. The number of amides is 1. The number of carbonyl (C=O) groups is 1. The minimum Gasteiger partial charge on any atom is -0.366 e. The molecule has 0 unspecified atom stereocenters. The highest BCUT2D eigenvalue weighted by molar-refractivity contribution is 5.94. The molecule has 140 valence electrons. The average Bonchev–Trinajstić information content (AvgIpc) is 2.97. The van der Waals surface area contributed by atoms with E-state index in [2.05, 4.69) is 20.4 Å². The number of primary amides is 1. The first-order valence-electron chi connectivity index (χ1n) is 8.56. The second kappa shape index (κ2) is 6.73. The molecular weight excluding hydrogens is 359 g/mol. The summed E-state index contributed by atoms with van der Waals surface area (Å²) in [7, 11) is 1.82. The zero-order chi connectivity index (χ0) is 19.8. The highest BCUT2D eigenvalue weighted by Gasteiger charge is 2.16. The van der Waals surface area contributed by atoms with Crippen LogP contribution in [0.4, 0.5) is 15.9 Å². The van der Waals surface area contributed by atoms with Crippen molar-refractivity contribution in [1.29, 1.82) is 0 Å². The molecule has 0 saturated carbocycles. The molecule has 4 aromatic rings. The summed E-state index contributed by atoms with van der Waals surface area (Å²) in [5, 5.41) is 7.68. The number of rotatable bonds is 4. The van der Waals surface area contributed by atoms with Crippen molar-refractivity contribution in [3.05, 3.63) is 65.6 Å². The molecule has 1 amide bonds. The summed E-state index contributed by atoms with van der Waals surface area (Å²) in [5.74, 6) is 0.200. The normalized spacial score (nSPS) is 11.0. The number of nitrogens with two attached hydrogens (primary N) is 1. The lowest BCUT2D eigenvalue weighted by atomic mass is 10.2. The summed E-state index contributed by atoms with van der Waals surface area (Å²) >= 11 is 0. The van der Waals surface area contributed by atoms with Gasteiger partial charge in [-0.2, -0.15) is 5.10 Å². The number of aryl methyl sites for hydroxylation is 2. The van der Waals surface area contributed by atoms with Crippen molar-refractivity contribution in [3.63, 3.8) is 0 Å². The van der Waals surface area contributed by atoms with Crippen LogP contribution in [-0.4, -0.2) is 25.7 Å². The van der Waals surface area contributed by atoms with Gasteiger partial charge < -0.3 is 11.1 Å². The van der Waals surface area contributed by atoms with Crippen molar-refractivity contribution in [2.45, 2.75) is 6.92 Å². The molecule has 4 rings (SSSR count). The van der Waals surface area contributed by atoms with Gasteiger partial charge in [0.05, 0.1) is 5.69 Å². The zero-order valence-corrected chi connectivity index (χ0v) is 15.3. The van der Waals surface area contributed by atoms with Gasteiger partial charge in [-0.3, -0.25) is 9.48 Å². The SMILES string of the molecule is Cc1nn(C)c2c(Nc3ccc(C(N)=O)cc3)nc(-c3ccc(F)cc3)nc12. The van der Waals surface area contributed by atoms with E-state index in [4.69, 9.17) is 5.73 Å². The number of carbonyl (C=O) groups excluding carboxylic acids is 1. The average molecular weight is 376 g/mol. The van der Waals surface area contributed by atoms with Crippen LogP contribution in [0.15, 0.2) is 48.5 Å². The van der Waals surface area contributed by atoms with Crippen molar-refractivity contribution in [3.8, 4) is 11.4 Å². The van der Waals surface area contributed by atoms with Crippen LogP contribution in [0.25, 0.3) is 22.4 Å². The largest absolute Gasteiger partial charge is 0.366 e. The number of hydrogen-bond acceptors (Lipinski definition) is 5. The highest BCUT2D eigenvalue weighted by atomic mass is 19.1. The fourth-order valence-corrected chi connectivity index (χ4v) is 3.01. The molecular formula is C20H17FN6O. The van der Waals surface area contributed by atoms with Crippen molar-refractivity contribution >= 4 is 28.4 Å². The zero-order valence-electron chi connectivity index (χ0n) is 15.3. The van der Waals surface area contributed by atoms with E-state index in [0.29, 0.717) is 28.3 Å². The van der Waals surface area contributed by atoms with E-state index in [1.807, 2.05) is 14.0 Å². The number of halogens is 1. The summed E-state index contributed by atoms with van der Waals surface area (Å²) in [5.41, 5.74) is 9.33. The Kier molecular flexibility index (Phi) is 4.23. The molecule has 0 spiro atoms. The van der Waals surface area contributed by atoms with Gasteiger partial charge in [0.25, 0.3) is 0 Å². The maximum Gasteiger partial charge on any atom is 0.248 e. The Morgan fingerprint density at radius 3 is 2.39 bits per heavy atom. The molecule has 3 N–H and O–H groups in total. The van der Waals surface area contributed by atoms with Gasteiger partial charge in [-0.25, -0.2) is 14.4 Å². The van der Waals surface area contributed by atoms with Crippen LogP contribution in [0, 0.1) is 12.7 Å². The predicted octanol–water partition coefficient (Wildman–Crippen LogP) is 3.32. The van der Waals surface area contributed by atoms with Gasteiger partial charge in [-0.1, -0.05) is 0 Å². The summed E-state index contributed by atoms with van der Waals surface area (Å²) in [6.45, 7) is 1.87. The lowest BCUT2D eigenvalue weighted by Gasteiger charge is -2.10. The molecule has 0 aliphatic carbocycles. The lowest BCUT2D eigenvalue weighted by molar-refractivity contribution is 0.100. The Balaban J connectivity index is 1.83. The predicted molar refractivity (Wildman–Crippen MR) is 105 cm³/mol. The Bertz CT molecular complexity index is 1180. The van der Waals surface area contributed by atoms with Crippen molar-refractivity contribution < 1.29 is 9.18 Å². The minimum atomic E-state index is -0.489. The minimum absolute atomic E-state index is 0.324. The maximum atomic E-state index is 13.3. The van der Waals surface area contributed by atoms with E-state index >= 15 is 0 Å². The topological polar surface area (TPSA) is 98.7 Å². The fourth-order valence-electron chi connectivity index (χ4n) is 3.01. The van der Waals surface area contributed by atoms with Crippen molar-refractivity contribution in [1.82, 2.24) is 19.7 Å². The number of benzene rings is 2. The fraction of sp³-hybridized carbons (Fsp3) is 0.100. The molecule has 7 nitrogen and oxygen atoms in total. The molecule has 28 heavy (non-hydrogen) atoms. The smallest absolute Gasteiger partial charge is 0.248 e. The number of aromatic nitrogens is 4. The quantitative estimate of drug-likeness (QED) is 0.569. The van der Waals surface area contributed by atoms with E-state index in [0.717, 1.165) is 16.9 Å². The maximum absolute atomic E-state index is 13.3. The van der Waals surface area contributed by atoms with Crippen LogP contribution in [0.3, 0.4) is 0 Å². The first kappa shape index (κ1) is 17.6. The number of nitrogens with zero attached hydrogens (tertiary/aromatic N) is 4. The Hall–Kier alpha value is -3.81. The summed E-state index contributed by atoms with van der Waals surface area (Å²) in [6, 6.07) is 12.8. The van der Waals surface area contributed by atoms with E-state index in [1.54, 1.807) is 41.1 Å². The van der Waals surface area contributed by atoms with E-state index in [-0.39, 0.29) is 5.82 Å². The van der Waals surface area contributed by atoms with Gasteiger partial charge >= 0.3 is 0 Å². The molecule has 8 heteroatoms. The summed E-state index contributed by atoms with van der Waals surface area (Å²) < 4.78 is 15.0. The molecule has 0 aliphatic rings. The third-order valence-electron chi connectivity index (χ3n) is 4.38. The van der Waals surface area contributed by atoms with Gasteiger partial charge in [-0.15, -0.1) is 0 Å². The summed E-state index contributed by atoms with van der Waals surface area (Å²) in [6.07, 6.45) is 0. The van der Waals surface area contributed by atoms with E-state index < -0.39 is 5.91 Å². The first-order chi connectivity index (χ1) is 13.4. The first-order valence-corrected chi connectivity index (χ1v) is 8.56. The molecule has 2 heterocycles. The van der Waals surface area contributed by atoms with Crippen LogP contribution in [-0.2, 0) is 7.05 Å². The molecule has 0 fully saturated rings. The van der Waals surface area contributed by atoms with Crippen LogP contribution in [0.5, 0.6) is 0 Å². The Morgan fingerprint density at radius 2 is 1.75 bits per heavy atom. The van der Waals surface area contributed by atoms with Crippen molar-refractivity contribution in [2.75, 3.05) is 5.32 Å². The number of fused-ring (bicyclic) bond motifs is 1. The summed E-state index contributed by atoms with van der Waals surface area (Å²) in [4.78, 5) is 20.5. The Morgan fingerprint density at radius 1 is 1.07 bits per heavy atom. The number of hydrogen-bond donors (Lipinski definition) is 2. The van der Waals surface area contributed by atoms with Gasteiger partial charge in [0.2, 0.25) is 5.91 Å². The second-order valence-electron chi connectivity index (χ2n) is 6.38. The van der Waals surface area contributed by atoms with Gasteiger partial charge in [0, 0.05) is 23.9 Å². The molecule has 0 saturated heterocycles. The molecule has 2 aromatic heterocycles. The molecule has 0 atom stereocenters. The second-order valence-corrected chi connectivity index (χ2v) is 6.38. The Labute approximate surface area is 160 Å². The lowest BCUT2D eigenvalue weighted by Crippen LogP contribution is -2.10. The standard InChI is InChI=1S/C20H17FN6O/c1-11-16-17(27(2)26-11)20(23-15-9-5-12(6-10-15)18(22)28)25-19(24-16)13-3-7-14(21)8-4-13/h3-10H,1-2H3,(H2,22,28)(H,23,24,25). The van der Waals surface area contributed by atoms with E-state index in [9.17, 15) is 9.18 Å². The van der Waals surface area contributed by atoms with Crippen molar-refractivity contribution in [2.24, 2.45) is 12.8 Å². The van der Waals surface area contributed by atoms with Gasteiger partial charge in [0.1, 0.15) is 16.9 Å². The van der Waals surface area contributed by atoms with Crippen LogP contribution < -0.4 is 11.1 Å². The van der Waals surface area contributed by atoms with Gasteiger partial charge in [-0.05, 0) is 55.5 Å². The number of anilines is 2. The molecule has 2 aromatic carbocycles. The molecule has 0 bridgehead atoms. The van der Waals surface area contributed by atoms with Crippen LogP contribution in [0.1, 0.15) is 16.1 Å².